The molecule has 1 amide bonds. The van der Waals surface area contributed by atoms with Crippen molar-refractivity contribution in [1.29, 1.82) is 0 Å². The Morgan fingerprint density at radius 1 is 1.32 bits per heavy atom. The number of pyridine rings is 1. The molecule has 1 aliphatic rings. The van der Waals surface area contributed by atoms with Crippen LogP contribution in [0, 0.1) is 13.8 Å². The highest BCUT2D eigenvalue weighted by Gasteiger charge is 2.30. The van der Waals surface area contributed by atoms with Crippen LogP contribution in [0.1, 0.15) is 28.3 Å². The molecule has 0 aliphatic carbocycles. The van der Waals surface area contributed by atoms with Gasteiger partial charge in [0.15, 0.2) is 11.6 Å². The van der Waals surface area contributed by atoms with E-state index in [0.717, 1.165) is 18.0 Å². The van der Waals surface area contributed by atoms with E-state index in [4.69, 9.17) is 4.74 Å². The number of hydrogen-bond acceptors (Lipinski definition) is 6. The van der Waals surface area contributed by atoms with Crippen molar-refractivity contribution in [2.75, 3.05) is 32.1 Å². The normalized spacial score (nSPS) is 16.8. The van der Waals surface area contributed by atoms with Gasteiger partial charge in [-0.1, -0.05) is 0 Å². The third-order valence-electron chi connectivity index (χ3n) is 4.23. The van der Waals surface area contributed by atoms with Crippen LogP contribution in [0.3, 0.4) is 0 Å². The second-order valence-corrected chi connectivity index (χ2v) is 6.42. The summed E-state index contributed by atoms with van der Waals surface area (Å²) in [6.07, 6.45) is 4.10. The van der Waals surface area contributed by atoms with Crippen LogP contribution < -0.4 is 9.64 Å². The Kier molecular flexibility index (Phi) is 4.83. The second-order valence-electron chi connectivity index (χ2n) is 6.42. The number of nitrogens with zero attached hydrogens (tertiary/aromatic N) is 5. The summed E-state index contributed by atoms with van der Waals surface area (Å²) in [6, 6.07) is 3.76. The molecule has 3 heterocycles. The zero-order valence-corrected chi connectivity index (χ0v) is 15.1. The zero-order chi connectivity index (χ0) is 18.0. The Bertz CT molecular complexity index is 778. The number of hydrogen-bond donors (Lipinski definition) is 0. The van der Waals surface area contributed by atoms with E-state index < -0.39 is 0 Å². The minimum atomic E-state index is -0.0430. The molecule has 0 saturated carbocycles. The van der Waals surface area contributed by atoms with E-state index in [2.05, 4.69) is 15.0 Å². The van der Waals surface area contributed by atoms with Crippen molar-refractivity contribution in [3.05, 3.63) is 41.6 Å². The van der Waals surface area contributed by atoms with Gasteiger partial charge in [-0.3, -0.25) is 4.79 Å². The molecule has 1 unspecified atom stereocenters. The lowest BCUT2D eigenvalue weighted by Crippen LogP contribution is -2.32. The van der Waals surface area contributed by atoms with Crippen LogP contribution in [0.2, 0.25) is 0 Å². The first-order chi connectivity index (χ1) is 12.0. The quantitative estimate of drug-likeness (QED) is 0.845. The van der Waals surface area contributed by atoms with Gasteiger partial charge in [0.25, 0.3) is 5.91 Å². The third-order valence-corrected chi connectivity index (χ3v) is 4.23. The lowest BCUT2D eigenvalue weighted by molar-refractivity contribution is 0.0770. The molecule has 132 valence electrons. The van der Waals surface area contributed by atoms with Gasteiger partial charge in [-0.05, 0) is 26.0 Å². The minimum Gasteiger partial charge on any atom is -0.485 e. The van der Waals surface area contributed by atoms with Crippen molar-refractivity contribution in [3.8, 4) is 5.75 Å². The fourth-order valence-electron chi connectivity index (χ4n) is 2.96. The monoisotopic (exact) mass is 341 g/mol. The van der Waals surface area contributed by atoms with E-state index in [-0.39, 0.29) is 12.0 Å². The van der Waals surface area contributed by atoms with Gasteiger partial charge < -0.3 is 14.5 Å². The molecule has 0 aromatic carbocycles. The fourth-order valence-corrected chi connectivity index (χ4v) is 2.96. The first-order valence-corrected chi connectivity index (χ1v) is 8.34. The summed E-state index contributed by atoms with van der Waals surface area (Å²) in [5, 5.41) is 0. The Labute approximate surface area is 147 Å². The van der Waals surface area contributed by atoms with E-state index in [0.29, 0.717) is 30.2 Å². The standard InChI is InChI=1S/C18H23N5O2/c1-12-15(10-20-13(2)21-12)18(24)23-9-7-14(11-23)25-16-6-5-8-19-17(16)22(3)4/h5-6,8,10,14H,7,9,11H2,1-4H3. The van der Waals surface area contributed by atoms with Gasteiger partial charge in [-0.25, -0.2) is 15.0 Å². The summed E-state index contributed by atoms with van der Waals surface area (Å²) >= 11 is 0. The topological polar surface area (TPSA) is 71.5 Å². The number of anilines is 1. The van der Waals surface area contributed by atoms with Crippen molar-refractivity contribution in [1.82, 2.24) is 19.9 Å². The first kappa shape index (κ1) is 17.1. The van der Waals surface area contributed by atoms with Crippen LogP contribution in [-0.2, 0) is 0 Å². The van der Waals surface area contributed by atoms with Crippen molar-refractivity contribution >= 4 is 11.7 Å². The third kappa shape index (κ3) is 3.70. The number of aryl methyl sites for hydroxylation is 2. The molecule has 0 bridgehead atoms. The number of carbonyl (C=O) groups is 1. The van der Waals surface area contributed by atoms with E-state index in [1.54, 1.807) is 17.3 Å². The molecule has 0 radical (unpaired) electrons. The molecule has 2 aromatic rings. The van der Waals surface area contributed by atoms with Crippen molar-refractivity contribution in [2.45, 2.75) is 26.4 Å². The summed E-state index contributed by atoms with van der Waals surface area (Å²) in [7, 11) is 3.86. The number of carbonyl (C=O) groups excluding carboxylic acids is 1. The lowest BCUT2D eigenvalue weighted by atomic mass is 10.2. The van der Waals surface area contributed by atoms with E-state index in [1.165, 1.54) is 0 Å². The first-order valence-electron chi connectivity index (χ1n) is 8.34. The highest BCUT2D eigenvalue weighted by Crippen LogP contribution is 2.27. The molecule has 1 saturated heterocycles. The van der Waals surface area contributed by atoms with Gasteiger partial charge >= 0.3 is 0 Å². The maximum Gasteiger partial charge on any atom is 0.257 e. The van der Waals surface area contributed by atoms with E-state index >= 15 is 0 Å². The molecule has 1 atom stereocenters. The molecule has 2 aromatic heterocycles. The second kappa shape index (κ2) is 7.04. The van der Waals surface area contributed by atoms with Crippen LogP contribution in [0.5, 0.6) is 5.75 Å². The van der Waals surface area contributed by atoms with Gasteiger partial charge in [0.05, 0.1) is 17.8 Å². The number of likely N-dealkylation sites (tertiary alicyclic amines) is 1. The predicted octanol–water partition coefficient (Wildman–Crippen LogP) is 1.85. The summed E-state index contributed by atoms with van der Waals surface area (Å²) in [4.78, 5) is 29.2. The average Bonchev–Trinajstić information content (AvgIpc) is 3.03. The van der Waals surface area contributed by atoms with Crippen LogP contribution in [-0.4, -0.2) is 59.0 Å². The molecule has 7 nitrogen and oxygen atoms in total. The molecule has 7 heteroatoms. The van der Waals surface area contributed by atoms with Crippen molar-refractivity contribution in [2.24, 2.45) is 0 Å². The van der Waals surface area contributed by atoms with Gasteiger partial charge in [0.2, 0.25) is 0 Å². The summed E-state index contributed by atoms with van der Waals surface area (Å²) in [5.74, 6) is 2.16. The smallest absolute Gasteiger partial charge is 0.257 e. The summed E-state index contributed by atoms with van der Waals surface area (Å²) in [5.41, 5.74) is 1.27. The van der Waals surface area contributed by atoms with Crippen molar-refractivity contribution < 1.29 is 9.53 Å². The zero-order valence-electron chi connectivity index (χ0n) is 15.1. The lowest BCUT2D eigenvalue weighted by Gasteiger charge is -2.20. The molecule has 0 N–H and O–H groups in total. The minimum absolute atomic E-state index is 0.0392. The Hall–Kier alpha value is -2.70. The summed E-state index contributed by atoms with van der Waals surface area (Å²) < 4.78 is 6.10. The molecule has 0 spiro atoms. The SMILES string of the molecule is Cc1ncc(C(=O)N2CCC(Oc3cccnc3N(C)C)C2)c(C)n1. The van der Waals surface area contributed by atoms with Crippen LogP contribution in [0.4, 0.5) is 5.82 Å². The van der Waals surface area contributed by atoms with Gasteiger partial charge in [0.1, 0.15) is 11.9 Å². The number of ether oxygens (including phenoxy) is 1. The van der Waals surface area contributed by atoms with Crippen LogP contribution >= 0.6 is 0 Å². The van der Waals surface area contributed by atoms with Crippen molar-refractivity contribution in [3.63, 3.8) is 0 Å². The largest absolute Gasteiger partial charge is 0.485 e. The fraction of sp³-hybridized carbons (Fsp3) is 0.444. The molecule has 25 heavy (non-hydrogen) atoms. The van der Waals surface area contributed by atoms with Gasteiger partial charge in [-0.2, -0.15) is 0 Å². The average molecular weight is 341 g/mol. The maximum absolute atomic E-state index is 12.7. The van der Waals surface area contributed by atoms with Crippen LogP contribution in [0.25, 0.3) is 0 Å². The molecular weight excluding hydrogens is 318 g/mol. The van der Waals surface area contributed by atoms with Crippen LogP contribution in [0.15, 0.2) is 24.5 Å². The predicted molar refractivity (Wildman–Crippen MR) is 95.0 cm³/mol. The molecule has 3 rings (SSSR count). The maximum atomic E-state index is 12.7. The Morgan fingerprint density at radius 2 is 2.12 bits per heavy atom. The van der Waals surface area contributed by atoms with Gasteiger partial charge in [0, 0.05) is 39.5 Å². The number of aromatic nitrogens is 3. The molecular formula is C18H23N5O2. The Morgan fingerprint density at radius 3 is 2.84 bits per heavy atom. The van der Waals surface area contributed by atoms with Gasteiger partial charge in [-0.15, -0.1) is 0 Å². The van der Waals surface area contributed by atoms with E-state index in [9.17, 15) is 4.79 Å². The highest BCUT2D eigenvalue weighted by molar-refractivity contribution is 5.95. The Balaban J connectivity index is 1.69. The number of amides is 1. The van der Waals surface area contributed by atoms with E-state index in [1.807, 2.05) is 45.0 Å². The highest BCUT2D eigenvalue weighted by atomic mass is 16.5. The summed E-state index contributed by atoms with van der Waals surface area (Å²) in [6.45, 7) is 4.87. The number of rotatable bonds is 4. The molecule has 1 aliphatic heterocycles. The molecule has 1 fully saturated rings.